The van der Waals surface area contributed by atoms with Crippen LogP contribution in [0.4, 0.5) is 5.69 Å². The normalized spacial score (nSPS) is 11.9. The molecule has 0 atom stereocenters. The van der Waals surface area contributed by atoms with Crippen LogP contribution in [0.15, 0.2) is 23.8 Å². The highest BCUT2D eigenvalue weighted by Gasteiger charge is 2.28. The molecule has 1 rings (SSSR count). The number of carboxylic acid groups (broad SMARTS) is 2. The minimum absolute atomic E-state index is 0.0536. The number of nitrogens with two attached hydrogens (primary N) is 1. The zero-order chi connectivity index (χ0) is 19.6. The maximum Gasteiger partial charge on any atom is 0.343 e. The number of allylic oxidation sites excluding steroid dienone is 1. The average Bonchev–Trinajstić information content (AvgIpc) is 2.33. The van der Waals surface area contributed by atoms with Crippen LogP contribution in [0.1, 0.15) is 59.1 Å². The summed E-state index contributed by atoms with van der Waals surface area (Å²) in [4.78, 5) is 23.3. The number of hydrogen-bond acceptors (Lipinski definition) is 3. The highest BCUT2D eigenvalue weighted by atomic mass is 16.4. The fourth-order valence-corrected chi connectivity index (χ4v) is 2.82. The number of aliphatic carboxylic acids is 2. The van der Waals surface area contributed by atoms with Crippen molar-refractivity contribution < 1.29 is 19.8 Å². The molecule has 0 aliphatic rings. The number of nitrogen functional groups attached to an aromatic ring is 1. The van der Waals surface area contributed by atoms with Crippen LogP contribution < -0.4 is 5.73 Å². The minimum Gasteiger partial charge on any atom is -0.477 e. The van der Waals surface area contributed by atoms with Crippen LogP contribution in [0, 0.1) is 10.8 Å². The number of benzene rings is 1. The maximum atomic E-state index is 11.6. The summed E-state index contributed by atoms with van der Waals surface area (Å²) in [7, 11) is 0. The van der Waals surface area contributed by atoms with E-state index in [9.17, 15) is 19.8 Å². The molecule has 5 nitrogen and oxygen atoms in total. The van der Waals surface area contributed by atoms with E-state index in [-0.39, 0.29) is 10.8 Å². The molecule has 1 aromatic carbocycles. The van der Waals surface area contributed by atoms with E-state index in [0.29, 0.717) is 29.7 Å². The Morgan fingerprint density at radius 1 is 0.960 bits per heavy atom. The number of carboxylic acids is 2. The van der Waals surface area contributed by atoms with Crippen LogP contribution >= 0.6 is 0 Å². The van der Waals surface area contributed by atoms with Crippen molar-refractivity contribution in [2.45, 2.75) is 54.4 Å². The summed E-state index contributed by atoms with van der Waals surface area (Å²) < 4.78 is 0. The van der Waals surface area contributed by atoms with Gasteiger partial charge in [0, 0.05) is 5.69 Å². The van der Waals surface area contributed by atoms with E-state index in [4.69, 9.17) is 5.73 Å². The van der Waals surface area contributed by atoms with Gasteiger partial charge in [0.05, 0.1) is 0 Å². The van der Waals surface area contributed by atoms with Crippen molar-refractivity contribution in [3.05, 3.63) is 34.9 Å². The van der Waals surface area contributed by atoms with Gasteiger partial charge in [-0.25, -0.2) is 9.59 Å². The molecule has 0 aliphatic heterocycles. The molecule has 138 valence electrons. The molecule has 25 heavy (non-hydrogen) atoms. The molecule has 1 aromatic rings. The first-order valence-corrected chi connectivity index (χ1v) is 8.30. The van der Waals surface area contributed by atoms with E-state index in [2.05, 4.69) is 20.8 Å². The molecule has 0 bridgehead atoms. The average molecular weight is 347 g/mol. The van der Waals surface area contributed by atoms with Gasteiger partial charge in [-0.2, -0.15) is 0 Å². The first-order chi connectivity index (χ1) is 11.2. The summed E-state index contributed by atoms with van der Waals surface area (Å²) >= 11 is 0. The molecule has 0 saturated carbocycles. The van der Waals surface area contributed by atoms with Gasteiger partial charge in [-0.15, -0.1) is 0 Å². The highest BCUT2D eigenvalue weighted by molar-refractivity contribution is 6.18. The summed E-state index contributed by atoms with van der Waals surface area (Å²) in [6.07, 6.45) is 0.996. The summed E-state index contributed by atoms with van der Waals surface area (Å²) in [5, 5.41) is 19.0. The molecule has 4 N–H and O–H groups in total. The Kier molecular flexibility index (Phi) is 6.05. The third kappa shape index (κ3) is 6.25. The molecule has 0 spiro atoms. The second-order valence-electron chi connectivity index (χ2n) is 8.86. The monoisotopic (exact) mass is 347 g/mol. The topological polar surface area (TPSA) is 101 Å². The molecular formula is C20H29NO4. The van der Waals surface area contributed by atoms with E-state index >= 15 is 0 Å². The van der Waals surface area contributed by atoms with E-state index < -0.39 is 17.5 Å². The van der Waals surface area contributed by atoms with E-state index in [1.54, 1.807) is 12.1 Å². The van der Waals surface area contributed by atoms with Gasteiger partial charge in [0.2, 0.25) is 0 Å². The van der Waals surface area contributed by atoms with Gasteiger partial charge >= 0.3 is 11.9 Å². The van der Waals surface area contributed by atoms with E-state index in [0.717, 1.165) is 5.56 Å². The van der Waals surface area contributed by atoms with Crippen molar-refractivity contribution >= 4 is 23.2 Å². The number of rotatable bonds is 5. The van der Waals surface area contributed by atoms with E-state index in [1.807, 2.05) is 26.8 Å². The van der Waals surface area contributed by atoms with Crippen LogP contribution in [-0.2, 0) is 16.0 Å². The quantitative estimate of drug-likeness (QED) is 0.320. The lowest BCUT2D eigenvalue weighted by Gasteiger charge is -2.26. The van der Waals surface area contributed by atoms with Crippen molar-refractivity contribution in [3.63, 3.8) is 0 Å². The summed E-state index contributed by atoms with van der Waals surface area (Å²) in [5.41, 5.74) is 7.45. The predicted molar refractivity (Wildman–Crippen MR) is 100 cm³/mol. The molecule has 5 heteroatoms. The summed E-state index contributed by atoms with van der Waals surface area (Å²) in [6, 6.07) is 5.24. The van der Waals surface area contributed by atoms with Crippen LogP contribution in [-0.4, -0.2) is 22.2 Å². The Labute approximate surface area is 149 Å². The van der Waals surface area contributed by atoms with Crippen molar-refractivity contribution in [2.24, 2.45) is 10.8 Å². The van der Waals surface area contributed by atoms with Crippen molar-refractivity contribution in [1.29, 1.82) is 0 Å². The Hall–Kier alpha value is -2.30. The molecule has 0 saturated heterocycles. The van der Waals surface area contributed by atoms with Gasteiger partial charge in [0.1, 0.15) is 5.57 Å². The fourth-order valence-electron chi connectivity index (χ4n) is 2.82. The first-order valence-electron chi connectivity index (χ1n) is 8.30. The Balaban J connectivity index is 3.75. The van der Waals surface area contributed by atoms with Crippen molar-refractivity contribution in [3.8, 4) is 0 Å². The number of anilines is 1. The van der Waals surface area contributed by atoms with Gasteiger partial charge in [-0.3, -0.25) is 0 Å². The lowest BCUT2D eigenvalue weighted by molar-refractivity contribution is -0.140. The molecule has 0 amide bonds. The zero-order valence-corrected chi connectivity index (χ0v) is 15.9. The third-order valence-corrected chi connectivity index (χ3v) is 3.61. The first kappa shape index (κ1) is 20.7. The SMILES string of the molecule is CC(C)(C)CC(=C(C(=O)O)C(=O)O)c1ccc(N)cc1CC(C)(C)C. The standard InChI is InChI=1S/C20H29NO4/c1-19(2,3)10-12-9-13(21)7-8-14(12)15(11-20(4,5)6)16(17(22)23)18(24)25/h7-9H,10-11,21H2,1-6H3,(H,22,23)(H,24,25). The molecule has 0 fully saturated rings. The van der Waals surface area contributed by atoms with Gasteiger partial charge < -0.3 is 15.9 Å². The minimum atomic E-state index is -1.43. The van der Waals surface area contributed by atoms with Crippen molar-refractivity contribution in [2.75, 3.05) is 5.73 Å². The van der Waals surface area contributed by atoms with Crippen molar-refractivity contribution in [1.82, 2.24) is 0 Å². The Bertz CT molecular complexity index is 687. The third-order valence-electron chi connectivity index (χ3n) is 3.61. The second-order valence-corrected chi connectivity index (χ2v) is 8.86. The predicted octanol–water partition coefficient (Wildman–Crippen LogP) is 4.22. The van der Waals surface area contributed by atoms with E-state index in [1.165, 1.54) is 0 Å². The van der Waals surface area contributed by atoms with Gasteiger partial charge in [-0.05, 0) is 52.5 Å². The van der Waals surface area contributed by atoms with Crippen LogP contribution in [0.5, 0.6) is 0 Å². The molecule has 0 heterocycles. The molecular weight excluding hydrogens is 318 g/mol. The number of hydrogen-bond donors (Lipinski definition) is 3. The molecule has 0 radical (unpaired) electrons. The number of carbonyl (C=O) groups is 2. The van der Waals surface area contributed by atoms with Gasteiger partial charge in [-0.1, -0.05) is 47.6 Å². The smallest absolute Gasteiger partial charge is 0.343 e. The highest BCUT2D eigenvalue weighted by Crippen LogP contribution is 2.37. The summed E-state index contributed by atoms with van der Waals surface area (Å²) in [5.74, 6) is -2.85. The Morgan fingerprint density at radius 2 is 1.48 bits per heavy atom. The second kappa shape index (κ2) is 7.30. The zero-order valence-electron chi connectivity index (χ0n) is 15.9. The Morgan fingerprint density at radius 3 is 1.88 bits per heavy atom. The lowest BCUT2D eigenvalue weighted by atomic mass is 9.79. The maximum absolute atomic E-state index is 11.6. The van der Waals surface area contributed by atoms with Gasteiger partial charge in [0.25, 0.3) is 0 Å². The molecule has 0 aliphatic carbocycles. The molecule has 0 aromatic heterocycles. The fraction of sp³-hybridized carbons (Fsp3) is 0.500. The lowest BCUT2D eigenvalue weighted by Crippen LogP contribution is -2.19. The molecule has 0 unspecified atom stereocenters. The van der Waals surface area contributed by atoms with Crippen LogP contribution in [0.2, 0.25) is 0 Å². The summed E-state index contributed by atoms with van der Waals surface area (Å²) in [6.45, 7) is 12.1. The van der Waals surface area contributed by atoms with Gasteiger partial charge in [0.15, 0.2) is 0 Å². The van der Waals surface area contributed by atoms with Crippen LogP contribution in [0.25, 0.3) is 5.57 Å². The van der Waals surface area contributed by atoms with Crippen LogP contribution in [0.3, 0.4) is 0 Å². The largest absolute Gasteiger partial charge is 0.477 e.